The molecule has 0 fully saturated rings. The second-order valence-electron chi connectivity index (χ2n) is 9.99. The lowest BCUT2D eigenvalue weighted by Gasteiger charge is -2.09. The largest absolute Gasteiger partial charge is 0.366 e. The van der Waals surface area contributed by atoms with Crippen LogP contribution in [0.2, 0.25) is 0 Å². The van der Waals surface area contributed by atoms with Crippen molar-refractivity contribution in [3.05, 3.63) is 109 Å². The van der Waals surface area contributed by atoms with Crippen LogP contribution in [0.4, 0.5) is 23.3 Å². The number of nitrogens with two attached hydrogens (primary N) is 2. The van der Waals surface area contributed by atoms with E-state index < -0.39 is 0 Å². The van der Waals surface area contributed by atoms with E-state index in [1.165, 1.54) is 13.8 Å². The average molecular weight is 611 g/mol. The van der Waals surface area contributed by atoms with Gasteiger partial charge in [0, 0.05) is 47.5 Å². The molecule has 6 rings (SSSR count). The van der Waals surface area contributed by atoms with Gasteiger partial charge in [0.2, 0.25) is 23.7 Å². The lowest BCUT2D eigenvalue weighted by atomic mass is 10.0. The third-order valence-corrected chi connectivity index (χ3v) is 6.41. The van der Waals surface area contributed by atoms with Gasteiger partial charge in [-0.1, -0.05) is 84.9 Å². The molecule has 228 valence electrons. The van der Waals surface area contributed by atoms with Crippen LogP contribution < -0.4 is 22.1 Å². The maximum atomic E-state index is 11.2. The van der Waals surface area contributed by atoms with E-state index in [-0.39, 0.29) is 23.7 Å². The molecule has 2 amide bonds. The van der Waals surface area contributed by atoms with E-state index in [2.05, 4.69) is 41.0 Å². The van der Waals surface area contributed by atoms with Gasteiger partial charge in [-0.25, -0.2) is 9.97 Å². The summed E-state index contributed by atoms with van der Waals surface area (Å²) in [5.41, 5.74) is 18.7. The van der Waals surface area contributed by atoms with E-state index in [4.69, 9.17) is 11.5 Å². The van der Waals surface area contributed by atoms with Gasteiger partial charge >= 0.3 is 0 Å². The number of aromatic nitrogens is 6. The van der Waals surface area contributed by atoms with Gasteiger partial charge in [0.15, 0.2) is 0 Å². The smallest absolute Gasteiger partial charge is 0.240 e. The van der Waals surface area contributed by atoms with Gasteiger partial charge in [-0.2, -0.15) is 0 Å². The highest BCUT2D eigenvalue weighted by Gasteiger charge is 2.14. The van der Waals surface area contributed by atoms with Gasteiger partial charge in [0.25, 0.3) is 0 Å². The number of hydrogen-bond donors (Lipinski definition) is 4. The molecular weight excluding hydrogens is 580 g/mol. The maximum Gasteiger partial charge on any atom is 0.240 e. The first-order valence-corrected chi connectivity index (χ1v) is 14.1. The van der Waals surface area contributed by atoms with Gasteiger partial charge < -0.3 is 22.1 Å². The number of nitrogens with zero attached hydrogens (tertiary/aromatic N) is 6. The van der Waals surface area contributed by atoms with Crippen LogP contribution in [-0.4, -0.2) is 42.2 Å². The Balaban J connectivity index is 0.000000181. The van der Waals surface area contributed by atoms with Crippen LogP contribution in [0.15, 0.2) is 109 Å². The molecule has 0 spiro atoms. The van der Waals surface area contributed by atoms with E-state index in [1.54, 1.807) is 0 Å². The highest BCUT2D eigenvalue weighted by Crippen LogP contribution is 2.31. The second-order valence-corrected chi connectivity index (χ2v) is 9.99. The molecule has 0 aliphatic rings. The van der Waals surface area contributed by atoms with E-state index in [9.17, 15) is 9.59 Å². The molecule has 0 bridgehead atoms. The normalized spacial score (nSPS) is 10.3. The fourth-order valence-electron chi connectivity index (χ4n) is 4.56. The predicted octanol–water partition coefficient (Wildman–Crippen LogP) is 5.49. The molecule has 12 heteroatoms. The minimum atomic E-state index is -0.132. The van der Waals surface area contributed by atoms with Gasteiger partial charge in [-0.3, -0.25) is 9.59 Å². The van der Waals surface area contributed by atoms with Crippen LogP contribution in [0.25, 0.3) is 45.0 Å². The molecular formula is C34H30N10O2. The molecule has 0 atom stereocenters. The molecule has 6 aromatic rings. The molecule has 0 saturated carbocycles. The molecule has 2 heterocycles. The summed E-state index contributed by atoms with van der Waals surface area (Å²) in [6, 6.07) is 34.0. The Hall–Kier alpha value is -6.56. The highest BCUT2D eigenvalue weighted by atomic mass is 16.2. The van der Waals surface area contributed by atoms with Gasteiger partial charge in [-0.05, 0) is 24.3 Å². The Kier molecular flexibility index (Phi) is 9.58. The molecule has 0 aliphatic carbocycles. The van der Waals surface area contributed by atoms with Crippen LogP contribution in [0.5, 0.6) is 0 Å². The van der Waals surface area contributed by atoms with Crippen molar-refractivity contribution in [2.45, 2.75) is 13.8 Å². The molecule has 0 saturated heterocycles. The summed E-state index contributed by atoms with van der Waals surface area (Å²) in [7, 11) is 0. The van der Waals surface area contributed by atoms with Crippen molar-refractivity contribution in [3.63, 3.8) is 0 Å². The summed E-state index contributed by atoms with van der Waals surface area (Å²) < 4.78 is 0. The van der Waals surface area contributed by atoms with E-state index in [1.807, 2.05) is 109 Å². The van der Waals surface area contributed by atoms with Crippen LogP contribution in [0.1, 0.15) is 13.8 Å². The second kappa shape index (κ2) is 14.3. The van der Waals surface area contributed by atoms with E-state index >= 15 is 0 Å². The summed E-state index contributed by atoms with van der Waals surface area (Å²) in [6.45, 7) is 2.93. The predicted molar refractivity (Wildman–Crippen MR) is 179 cm³/mol. The Labute approximate surface area is 265 Å². The SMILES string of the molecule is CC(=O)Nc1cccc(-c2nnc(N)nc2-c2ccccc2)c1.CC(=O)Nc1cccc(-c2nnc(N)nc2-c2ccccc2)c1. The van der Waals surface area contributed by atoms with Crippen LogP contribution in [0, 0.1) is 0 Å². The van der Waals surface area contributed by atoms with Crippen LogP contribution in [-0.2, 0) is 9.59 Å². The zero-order valence-corrected chi connectivity index (χ0v) is 25.0. The average Bonchev–Trinajstić information content (AvgIpc) is 3.05. The summed E-state index contributed by atoms with van der Waals surface area (Å²) in [5, 5.41) is 21.6. The van der Waals surface area contributed by atoms with Crippen molar-refractivity contribution in [2.24, 2.45) is 0 Å². The molecule has 4 aromatic carbocycles. The summed E-state index contributed by atoms with van der Waals surface area (Å²) in [4.78, 5) is 31.1. The standard InChI is InChI=1S/2C17H15N5O/c2*1-11(23)19-14-9-5-8-13(10-14)16-15(20-17(18)22-21-16)12-6-3-2-4-7-12/h2*2-10H,1H3,(H,19,23)(H2,18,20,22). The highest BCUT2D eigenvalue weighted by molar-refractivity contribution is 5.91. The number of nitrogen functional groups attached to an aromatic ring is 2. The van der Waals surface area contributed by atoms with E-state index in [0.29, 0.717) is 34.2 Å². The van der Waals surface area contributed by atoms with Gasteiger partial charge in [0.1, 0.15) is 22.8 Å². The quantitative estimate of drug-likeness (QED) is 0.188. The van der Waals surface area contributed by atoms with Crippen LogP contribution >= 0.6 is 0 Å². The number of amides is 2. The first kappa shape index (κ1) is 30.9. The molecule has 0 aliphatic heterocycles. The van der Waals surface area contributed by atoms with E-state index in [0.717, 1.165) is 22.3 Å². The monoisotopic (exact) mass is 610 g/mol. The molecule has 12 nitrogen and oxygen atoms in total. The summed E-state index contributed by atoms with van der Waals surface area (Å²) >= 11 is 0. The van der Waals surface area contributed by atoms with Gasteiger partial charge in [0.05, 0.1) is 0 Å². The number of anilines is 4. The van der Waals surface area contributed by atoms with Crippen molar-refractivity contribution in [1.82, 2.24) is 30.4 Å². The first-order valence-electron chi connectivity index (χ1n) is 14.1. The Morgan fingerprint density at radius 3 is 1.22 bits per heavy atom. The summed E-state index contributed by atoms with van der Waals surface area (Å²) in [5.74, 6) is -0.0323. The first-order chi connectivity index (χ1) is 22.3. The lowest BCUT2D eigenvalue weighted by Crippen LogP contribution is -2.06. The summed E-state index contributed by atoms with van der Waals surface area (Å²) in [6.07, 6.45) is 0. The molecule has 0 unspecified atom stereocenters. The number of rotatable bonds is 6. The fourth-order valence-corrected chi connectivity index (χ4v) is 4.56. The zero-order chi connectivity index (χ0) is 32.5. The molecule has 2 aromatic heterocycles. The minimum absolute atomic E-state index is 0.116. The lowest BCUT2D eigenvalue weighted by molar-refractivity contribution is -0.115. The van der Waals surface area contributed by atoms with Crippen molar-refractivity contribution >= 4 is 35.1 Å². The number of nitrogens with one attached hydrogen (secondary N) is 2. The number of carbonyl (C=O) groups is 2. The van der Waals surface area contributed by atoms with Gasteiger partial charge in [-0.15, -0.1) is 20.4 Å². The Bertz CT molecular complexity index is 1840. The molecule has 6 N–H and O–H groups in total. The minimum Gasteiger partial charge on any atom is -0.366 e. The number of hydrogen-bond acceptors (Lipinski definition) is 10. The third kappa shape index (κ3) is 7.88. The Morgan fingerprint density at radius 1 is 0.478 bits per heavy atom. The van der Waals surface area contributed by atoms with Crippen molar-refractivity contribution in [3.8, 4) is 45.0 Å². The Morgan fingerprint density at radius 2 is 0.848 bits per heavy atom. The van der Waals surface area contributed by atoms with Crippen molar-refractivity contribution in [1.29, 1.82) is 0 Å². The van der Waals surface area contributed by atoms with Crippen molar-refractivity contribution in [2.75, 3.05) is 22.1 Å². The van der Waals surface area contributed by atoms with Crippen molar-refractivity contribution < 1.29 is 9.59 Å². The molecule has 46 heavy (non-hydrogen) atoms. The van der Waals surface area contributed by atoms with Crippen LogP contribution in [0.3, 0.4) is 0 Å². The number of benzene rings is 4. The topological polar surface area (TPSA) is 188 Å². The molecule has 0 radical (unpaired) electrons. The maximum absolute atomic E-state index is 11.2. The zero-order valence-electron chi connectivity index (χ0n) is 25.0. The third-order valence-electron chi connectivity index (χ3n) is 6.41. The number of carbonyl (C=O) groups excluding carboxylic acids is 2. The fraction of sp³-hybridized carbons (Fsp3) is 0.0588.